The molecule has 1 atom stereocenters. The third-order valence-electron chi connectivity index (χ3n) is 4.74. The lowest BCUT2D eigenvalue weighted by Gasteiger charge is -2.37. The van der Waals surface area contributed by atoms with Crippen LogP contribution < -0.4 is 15.4 Å². The molecular weight excluding hydrogens is 453 g/mol. The normalized spacial score (nSPS) is 18.9. The predicted octanol–water partition coefficient (Wildman–Crippen LogP) is 2.31. The summed E-state index contributed by atoms with van der Waals surface area (Å²) < 4.78 is 5.96. The number of aliphatic imine (C=N–C) groups is 1. The van der Waals surface area contributed by atoms with Crippen molar-refractivity contribution in [3.8, 4) is 5.75 Å². The van der Waals surface area contributed by atoms with Gasteiger partial charge < -0.3 is 20.3 Å². The third kappa shape index (κ3) is 7.83. The van der Waals surface area contributed by atoms with Gasteiger partial charge in [0.15, 0.2) is 5.96 Å². The van der Waals surface area contributed by atoms with E-state index in [0.717, 1.165) is 43.5 Å². The maximum absolute atomic E-state index is 5.96. The van der Waals surface area contributed by atoms with E-state index in [1.807, 2.05) is 7.05 Å². The van der Waals surface area contributed by atoms with Gasteiger partial charge in [0.2, 0.25) is 0 Å². The van der Waals surface area contributed by atoms with Crippen LogP contribution in [0.25, 0.3) is 0 Å². The first kappa shape index (κ1) is 24.0. The lowest BCUT2D eigenvalue weighted by atomic mass is 10.1. The number of guanidine groups is 1. The standard InChI is InChI=1S/C20H35N5O.HI/c1-15(2)26-19-11-16(3)7-8-17(19)12-22-20(21-4)23-13-18-14-24(5)9-10-25(18)6;/h7-8,11,15,18H,9-10,12-14H2,1-6H3,(H2,21,22,23);1H. The van der Waals surface area contributed by atoms with Gasteiger partial charge in [-0.05, 0) is 46.5 Å². The van der Waals surface area contributed by atoms with Gasteiger partial charge in [-0.2, -0.15) is 0 Å². The molecule has 7 heteroatoms. The Hall–Kier alpha value is -1.06. The highest BCUT2D eigenvalue weighted by Gasteiger charge is 2.22. The van der Waals surface area contributed by atoms with Crippen LogP contribution in [0.15, 0.2) is 23.2 Å². The maximum Gasteiger partial charge on any atom is 0.191 e. The van der Waals surface area contributed by atoms with Gasteiger partial charge in [-0.25, -0.2) is 0 Å². The predicted molar refractivity (Wildman–Crippen MR) is 124 cm³/mol. The molecule has 1 fully saturated rings. The highest BCUT2D eigenvalue weighted by atomic mass is 127. The van der Waals surface area contributed by atoms with Crippen LogP contribution in [0.4, 0.5) is 0 Å². The van der Waals surface area contributed by atoms with Gasteiger partial charge in [0.05, 0.1) is 6.10 Å². The number of halogens is 1. The lowest BCUT2D eigenvalue weighted by Crippen LogP contribution is -2.55. The van der Waals surface area contributed by atoms with Crippen molar-refractivity contribution in [3.05, 3.63) is 29.3 Å². The third-order valence-corrected chi connectivity index (χ3v) is 4.74. The molecule has 0 saturated carbocycles. The number of nitrogens with zero attached hydrogens (tertiary/aromatic N) is 3. The van der Waals surface area contributed by atoms with Crippen LogP contribution in [0, 0.1) is 6.92 Å². The molecule has 0 aromatic heterocycles. The van der Waals surface area contributed by atoms with E-state index >= 15 is 0 Å². The van der Waals surface area contributed by atoms with Crippen LogP contribution in [0.2, 0.25) is 0 Å². The summed E-state index contributed by atoms with van der Waals surface area (Å²) in [6, 6.07) is 6.83. The summed E-state index contributed by atoms with van der Waals surface area (Å²) in [7, 11) is 6.19. The highest BCUT2D eigenvalue weighted by Crippen LogP contribution is 2.21. The average molecular weight is 489 g/mol. The van der Waals surface area contributed by atoms with Crippen LogP contribution in [0.3, 0.4) is 0 Å². The number of likely N-dealkylation sites (N-methyl/N-ethyl adjacent to an activating group) is 2. The molecule has 1 aromatic carbocycles. The fourth-order valence-electron chi connectivity index (χ4n) is 3.11. The second-order valence-electron chi connectivity index (χ2n) is 7.48. The summed E-state index contributed by atoms with van der Waals surface area (Å²) in [6.07, 6.45) is 0.159. The van der Waals surface area contributed by atoms with Gasteiger partial charge >= 0.3 is 0 Å². The van der Waals surface area contributed by atoms with Crippen molar-refractivity contribution in [2.75, 3.05) is 47.3 Å². The summed E-state index contributed by atoms with van der Waals surface area (Å²) in [5.41, 5.74) is 2.35. The maximum atomic E-state index is 5.96. The van der Waals surface area contributed by atoms with Gasteiger partial charge in [0.25, 0.3) is 0 Å². The van der Waals surface area contributed by atoms with Gasteiger partial charge in [-0.3, -0.25) is 9.89 Å². The van der Waals surface area contributed by atoms with E-state index < -0.39 is 0 Å². The summed E-state index contributed by atoms with van der Waals surface area (Å²) in [6.45, 7) is 11.1. The van der Waals surface area contributed by atoms with Crippen molar-refractivity contribution in [1.29, 1.82) is 0 Å². The first-order valence-corrected chi connectivity index (χ1v) is 9.48. The highest BCUT2D eigenvalue weighted by molar-refractivity contribution is 14.0. The fraction of sp³-hybridized carbons (Fsp3) is 0.650. The zero-order valence-corrected chi connectivity index (χ0v) is 19.9. The topological polar surface area (TPSA) is 52.1 Å². The van der Waals surface area contributed by atoms with Crippen LogP contribution in [-0.2, 0) is 6.54 Å². The van der Waals surface area contributed by atoms with E-state index in [2.05, 4.69) is 78.5 Å². The smallest absolute Gasteiger partial charge is 0.191 e. The van der Waals surface area contributed by atoms with E-state index in [9.17, 15) is 0 Å². The van der Waals surface area contributed by atoms with Gasteiger partial charge in [-0.1, -0.05) is 12.1 Å². The van der Waals surface area contributed by atoms with Crippen molar-refractivity contribution in [3.63, 3.8) is 0 Å². The molecule has 2 rings (SSSR count). The number of aryl methyl sites for hydroxylation is 1. The van der Waals surface area contributed by atoms with E-state index in [0.29, 0.717) is 12.6 Å². The Labute approximate surface area is 181 Å². The van der Waals surface area contributed by atoms with Crippen molar-refractivity contribution >= 4 is 29.9 Å². The van der Waals surface area contributed by atoms with E-state index in [-0.39, 0.29) is 30.1 Å². The second kappa shape index (κ2) is 11.7. The quantitative estimate of drug-likeness (QED) is 0.365. The molecule has 27 heavy (non-hydrogen) atoms. The molecule has 1 aromatic rings. The number of hydrogen-bond acceptors (Lipinski definition) is 4. The Balaban J connectivity index is 0.00000364. The fourth-order valence-corrected chi connectivity index (χ4v) is 3.11. The molecule has 2 N–H and O–H groups in total. The summed E-state index contributed by atoms with van der Waals surface area (Å²) in [4.78, 5) is 9.15. The molecule has 154 valence electrons. The molecule has 0 aliphatic carbocycles. The van der Waals surface area contributed by atoms with Crippen molar-refractivity contribution in [2.24, 2.45) is 4.99 Å². The second-order valence-corrected chi connectivity index (χ2v) is 7.48. The van der Waals surface area contributed by atoms with Crippen LogP contribution in [0.1, 0.15) is 25.0 Å². The summed E-state index contributed by atoms with van der Waals surface area (Å²) in [5.74, 6) is 1.76. The van der Waals surface area contributed by atoms with Gasteiger partial charge in [0, 0.05) is 51.4 Å². The van der Waals surface area contributed by atoms with Crippen LogP contribution in [-0.4, -0.2) is 75.2 Å². The first-order chi connectivity index (χ1) is 12.4. The Morgan fingerprint density at radius 2 is 2.00 bits per heavy atom. The molecule has 1 aliphatic rings. The lowest BCUT2D eigenvalue weighted by molar-refractivity contribution is 0.116. The monoisotopic (exact) mass is 489 g/mol. The molecule has 1 aliphatic heterocycles. The molecule has 6 nitrogen and oxygen atoms in total. The average Bonchev–Trinajstić information content (AvgIpc) is 2.58. The van der Waals surface area contributed by atoms with E-state index in [1.54, 1.807) is 0 Å². The molecular formula is C20H36IN5O. The number of ether oxygens (including phenoxy) is 1. The van der Waals surface area contributed by atoms with Crippen molar-refractivity contribution in [2.45, 2.75) is 39.5 Å². The zero-order chi connectivity index (χ0) is 19.1. The molecule has 0 spiro atoms. The first-order valence-electron chi connectivity index (χ1n) is 9.48. The Kier molecular flexibility index (Phi) is 10.4. The van der Waals surface area contributed by atoms with Crippen molar-refractivity contribution < 1.29 is 4.74 Å². The largest absolute Gasteiger partial charge is 0.491 e. The number of rotatable bonds is 6. The van der Waals surface area contributed by atoms with E-state index in [1.165, 1.54) is 5.56 Å². The van der Waals surface area contributed by atoms with E-state index in [4.69, 9.17) is 4.74 Å². The van der Waals surface area contributed by atoms with Crippen LogP contribution >= 0.6 is 24.0 Å². The molecule has 0 amide bonds. The van der Waals surface area contributed by atoms with Crippen LogP contribution in [0.5, 0.6) is 5.75 Å². The number of piperazine rings is 1. The Morgan fingerprint density at radius 1 is 1.26 bits per heavy atom. The molecule has 0 bridgehead atoms. The minimum Gasteiger partial charge on any atom is -0.491 e. The Morgan fingerprint density at radius 3 is 2.67 bits per heavy atom. The zero-order valence-electron chi connectivity index (χ0n) is 17.6. The molecule has 1 saturated heterocycles. The molecule has 1 heterocycles. The number of benzene rings is 1. The molecule has 1 unspecified atom stereocenters. The number of nitrogens with one attached hydrogen (secondary N) is 2. The SMILES string of the molecule is CN=C(NCc1ccc(C)cc1OC(C)C)NCC1CN(C)CCN1C.I. The Bertz CT molecular complexity index is 608. The minimum absolute atomic E-state index is 0. The molecule has 0 radical (unpaired) electrons. The minimum atomic E-state index is 0. The van der Waals surface area contributed by atoms with Gasteiger partial charge in [-0.15, -0.1) is 24.0 Å². The van der Waals surface area contributed by atoms with Crippen molar-refractivity contribution in [1.82, 2.24) is 20.4 Å². The summed E-state index contributed by atoms with van der Waals surface area (Å²) >= 11 is 0. The van der Waals surface area contributed by atoms with Gasteiger partial charge in [0.1, 0.15) is 5.75 Å². The number of hydrogen-bond donors (Lipinski definition) is 2. The summed E-state index contributed by atoms with van der Waals surface area (Å²) in [5, 5.41) is 6.87.